The average molecular weight is 527 g/mol. The van der Waals surface area contributed by atoms with Crippen LogP contribution in [-0.4, -0.2) is 49.1 Å². The second-order valence-corrected chi connectivity index (χ2v) is 10.7. The van der Waals surface area contributed by atoms with Crippen molar-refractivity contribution in [3.63, 3.8) is 0 Å². The van der Waals surface area contributed by atoms with Crippen LogP contribution in [0, 0.1) is 11.8 Å². The monoisotopic (exact) mass is 526 g/mol. The highest BCUT2D eigenvalue weighted by atomic mass is 32.2. The second kappa shape index (κ2) is 10.9. The van der Waals surface area contributed by atoms with Crippen molar-refractivity contribution in [3.05, 3.63) is 90.3 Å². The maximum atomic E-state index is 11.7. The fourth-order valence-electron chi connectivity index (χ4n) is 4.03. The lowest BCUT2D eigenvalue weighted by molar-refractivity contribution is 0.379. The molecule has 5 rings (SSSR count). The van der Waals surface area contributed by atoms with Crippen LogP contribution in [0.1, 0.15) is 12.0 Å². The molecule has 0 fully saturated rings. The van der Waals surface area contributed by atoms with Crippen molar-refractivity contribution in [1.82, 2.24) is 14.3 Å². The minimum Gasteiger partial charge on any atom is -0.493 e. The van der Waals surface area contributed by atoms with E-state index in [-0.39, 0.29) is 0 Å². The summed E-state index contributed by atoms with van der Waals surface area (Å²) in [6, 6.07) is 20.9. The molecule has 0 spiro atoms. The number of fused-ring (bicyclic) bond motifs is 1. The summed E-state index contributed by atoms with van der Waals surface area (Å²) in [6.45, 7) is 0.790. The van der Waals surface area contributed by atoms with Gasteiger partial charge >= 0.3 is 0 Å². The molecule has 0 bridgehead atoms. The van der Waals surface area contributed by atoms with E-state index in [1.807, 2.05) is 72.8 Å². The Morgan fingerprint density at radius 3 is 2.55 bits per heavy atom. The van der Waals surface area contributed by atoms with E-state index in [9.17, 15) is 8.42 Å². The molecule has 9 heteroatoms. The Labute approximate surface area is 222 Å². The SMILES string of the molecule is COc1cc(Nc2ncnc3ccc(C#CC4=CCN(S(C)(=O)=O)CC4)cc23)ccc1Oc1ccccc1. The van der Waals surface area contributed by atoms with E-state index in [2.05, 4.69) is 27.1 Å². The molecule has 4 aromatic rings. The quantitative estimate of drug-likeness (QED) is 0.349. The van der Waals surface area contributed by atoms with Crippen LogP contribution in [0.5, 0.6) is 17.2 Å². The number of rotatable bonds is 6. The number of ether oxygens (including phenoxy) is 2. The molecule has 1 N–H and O–H groups in total. The Morgan fingerprint density at radius 2 is 1.82 bits per heavy atom. The molecule has 0 radical (unpaired) electrons. The lowest BCUT2D eigenvalue weighted by atomic mass is 10.1. The maximum absolute atomic E-state index is 11.7. The van der Waals surface area contributed by atoms with Gasteiger partial charge in [0, 0.05) is 41.4 Å². The fraction of sp³-hybridized carbons (Fsp3) is 0.172. The van der Waals surface area contributed by atoms with Crippen molar-refractivity contribution >= 4 is 32.4 Å². The first kappa shape index (κ1) is 25.3. The first-order valence-corrected chi connectivity index (χ1v) is 13.8. The molecule has 192 valence electrons. The van der Waals surface area contributed by atoms with Crippen LogP contribution in [0.2, 0.25) is 0 Å². The third-order valence-corrected chi connectivity index (χ3v) is 7.31. The van der Waals surface area contributed by atoms with Crippen molar-refractivity contribution in [2.45, 2.75) is 6.42 Å². The number of benzene rings is 3. The highest BCUT2D eigenvalue weighted by Crippen LogP contribution is 2.35. The zero-order valence-corrected chi connectivity index (χ0v) is 21.8. The van der Waals surface area contributed by atoms with Crippen LogP contribution >= 0.6 is 0 Å². The van der Waals surface area contributed by atoms with E-state index < -0.39 is 10.0 Å². The fourth-order valence-corrected chi connectivity index (χ4v) is 4.80. The van der Waals surface area contributed by atoms with E-state index in [0.717, 1.165) is 33.5 Å². The molecule has 0 atom stereocenters. The van der Waals surface area contributed by atoms with Crippen molar-refractivity contribution in [3.8, 4) is 29.1 Å². The first-order valence-electron chi connectivity index (χ1n) is 12.0. The molecule has 38 heavy (non-hydrogen) atoms. The lowest BCUT2D eigenvalue weighted by Gasteiger charge is -2.22. The van der Waals surface area contributed by atoms with Gasteiger partial charge < -0.3 is 14.8 Å². The van der Waals surface area contributed by atoms with Crippen molar-refractivity contribution in [2.75, 3.05) is 31.8 Å². The van der Waals surface area contributed by atoms with Gasteiger partial charge in [-0.2, -0.15) is 4.31 Å². The number of methoxy groups -OCH3 is 1. The standard InChI is InChI=1S/C29H26N4O4S/c1-36-28-19-23(11-13-27(28)37-24-6-4-3-5-7-24)32-29-25-18-22(10-12-26(25)30-20-31-29)9-8-21-14-16-33(17-15-21)38(2,34)35/h3-7,10-14,18-20H,15-17H2,1-2H3,(H,30,31,32). The molecule has 0 unspecified atom stereocenters. The normalized spacial score (nSPS) is 13.8. The van der Waals surface area contributed by atoms with Crippen LogP contribution in [-0.2, 0) is 10.0 Å². The summed E-state index contributed by atoms with van der Waals surface area (Å²) in [4.78, 5) is 8.84. The number of hydrogen-bond donors (Lipinski definition) is 1. The van der Waals surface area contributed by atoms with Crippen molar-refractivity contribution in [2.24, 2.45) is 0 Å². The molecular weight excluding hydrogens is 500 g/mol. The number of nitrogens with one attached hydrogen (secondary N) is 1. The summed E-state index contributed by atoms with van der Waals surface area (Å²) in [6.07, 6.45) is 5.20. The topological polar surface area (TPSA) is 93.6 Å². The molecule has 1 aromatic heterocycles. The van der Waals surface area contributed by atoms with Gasteiger partial charge in [-0.05, 0) is 48.9 Å². The van der Waals surface area contributed by atoms with E-state index in [1.165, 1.54) is 16.9 Å². The van der Waals surface area contributed by atoms with E-state index in [1.54, 1.807) is 7.11 Å². The molecule has 1 aliphatic heterocycles. The Morgan fingerprint density at radius 1 is 0.974 bits per heavy atom. The van der Waals surface area contributed by atoms with Gasteiger partial charge in [0.05, 0.1) is 18.9 Å². The summed E-state index contributed by atoms with van der Waals surface area (Å²) in [5, 5.41) is 4.18. The molecule has 0 saturated carbocycles. The van der Waals surface area contributed by atoms with Gasteiger partial charge in [0.1, 0.15) is 17.9 Å². The lowest BCUT2D eigenvalue weighted by Crippen LogP contribution is -2.33. The second-order valence-electron chi connectivity index (χ2n) is 8.71. The van der Waals surface area contributed by atoms with E-state index >= 15 is 0 Å². The number of nitrogens with zero attached hydrogens (tertiary/aromatic N) is 3. The summed E-state index contributed by atoms with van der Waals surface area (Å²) < 4.78 is 36.4. The van der Waals surface area contributed by atoms with Crippen LogP contribution < -0.4 is 14.8 Å². The van der Waals surface area contributed by atoms with Crippen LogP contribution in [0.4, 0.5) is 11.5 Å². The molecule has 0 aliphatic carbocycles. The third-order valence-electron chi connectivity index (χ3n) is 6.04. The zero-order valence-electron chi connectivity index (χ0n) is 21.0. The first-order chi connectivity index (χ1) is 18.4. The van der Waals surface area contributed by atoms with Crippen LogP contribution in [0.25, 0.3) is 10.9 Å². The number of para-hydroxylation sites is 1. The van der Waals surface area contributed by atoms with Gasteiger partial charge in [-0.15, -0.1) is 0 Å². The zero-order chi connectivity index (χ0) is 26.5. The minimum absolute atomic E-state index is 0.348. The molecule has 8 nitrogen and oxygen atoms in total. The number of anilines is 2. The highest BCUT2D eigenvalue weighted by Gasteiger charge is 2.18. The minimum atomic E-state index is -3.19. The average Bonchev–Trinajstić information content (AvgIpc) is 2.93. The van der Waals surface area contributed by atoms with Gasteiger partial charge in [0.15, 0.2) is 11.5 Å². The molecule has 1 aliphatic rings. The predicted molar refractivity (Wildman–Crippen MR) is 148 cm³/mol. The Hall–Kier alpha value is -4.39. The summed E-state index contributed by atoms with van der Waals surface area (Å²) in [5.41, 5.74) is 3.30. The summed E-state index contributed by atoms with van der Waals surface area (Å²) in [7, 11) is -1.59. The predicted octanol–water partition coefficient (Wildman–Crippen LogP) is 5.12. The smallest absolute Gasteiger partial charge is 0.211 e. The van der Waals surface area contributed by atoms with Gasteiger partial charge in [0.2, 0.25) is 10.0 Å². The Kier molecular flexibility index (Phi) is 7.26. The molecular formula is C29H26N4O4S. The molecule has 0 amide bonds. The summed E-state index contributed by atoms with van der Waals surface area (Å²) in [5.74, 6) is 8.92. The van der Waals surface area contributed by atoms with E-state index in [4.69, 9.17) is 9.47 Å². The van der Waals surface area contributed by atoms with Gasteiger partial charge in [0.25, 0.3) is 0 Å². The number of sulfonamides is 1. The van der Waals surface area contributed by atoms with Crippen LogP contribution in [0.3, 0.4) is 0 Å². The molecule has 2 heterocycles. The summed E-state index contributed by atoms with van der Waals surface area (Å²) >= 11 is 0. The Bertz CT molecular complexity index is 1680. The highest BCUT2D eigenvalue weighted by molar-refractivity contribution is 7.88. The van der Waals surface area contributed by atoms with Gasteiger partial charge in [-0.1, -0.05) is 36.1 Å². The number of hydrogen-bond acceptors (Lipinski definition) is 7. The number of aromatic nitrogens is 2. The molecule has 0 saturated heterocycles. The van der Waals surface area contributed by atoms with Gasteiger partial charge in [-0.3, -0.25) is 0 Å². The van der Waals surface area contributed by atoms with Crippen LogP contribution in [0.15, 0.2) is 84.7 Å². The Balaban J connectivity index is 1.37. The van der Waals surface area contributed by atoms with Crippen molar-refractivity contribution in [1.29, 1.82) is 0 Å². The maximum Gasteiger partial charge on any atom is 0.211 e. The molecule has 3 aromatic carbocycles. The largest absolute Gasteiger partial charge is 0.493 e. The van der Waals surface area contributed by atoms with Crippen molar-refractivity contribution < 1.29 is 17.9 Å². The third kappa shape index (κ3) is 5.94. The van der Waals surface area contributed by atoms with E-state index in [0.29, 0.717) is 36.8 Å². The van der Waals surface area contributed by atoms with Gasteiger partial charge in [-0.25, -0.2) is 18.4 Å².